The fourth-order valence-corrected chi connectivity index (χ4v) is 5.56. The molecule has 17 nitrogen and oxygen atoms in total. The van der Waals surface area contributed by atoms with Gasteiger partial charge in [0.05, 0.1) is 32.5 Å². The summed E-state index contributed by atoms with van der Waals surface area (Å²) in [5.74, 6) is -0.869. The molecule has 0 radical (unpaired) electrons. The van der Waals surface area contributed by atoms with Gasteiger partial charge >= 0.3 is 12.3 Å². The van der Waals surface area contributed by atoms with E-state index in [4.69, 9.17) is 18.9 Å². The van der Waals surface area contributed by atoms with Crippen LogP contribution in [0, 0.1) is 32.1 Å². The number of amides is 1. The van der Waals surface area contributed by atoms with Crippen LogP contribution in [-0.2, 0) is 39.8 Å². The van der Waals surface area contributed by atoms with E-state index < -0.39 is 46.7 Å². The summed E-state index contributed by atoms with van der Waals surface area (Å²) >= 11 is 0. The lowest BCUT2D eigenvalue weighted by Crippen LogP contribution is -2.26. The van der Waals surface area contributed by atoms with Gasteiger partial charge in [-0.1, -0.05) is 48.6 Å². The molecular formula is C35H51N3O14. The first-order valence-corrected chi connectivity index (χ1v) is 17.6. The van der Waals surface area contributed by atoms with Crippen LogP contribution in [0.4, 0.5) is 9.59 Å². The van der Waals surface area contributed by atoms with Crippen molar-refractivity contribution >= 4 is 18.2 Å². The molecule has 0 saturated heterocycles. The molecule has 0 aliphatic heterocycles. The van der Waals surface area contributed by atoms with Crippen molar-refractivity contribution in [3.63, 3.8) is 0 Å². The molecule has 0 aromatic heterocycles. The highest BCUT2D eigenvalue weighted by Gasteiger charge is 2.43. The number of aliphatic hydroxyl groups is 1. The van der Waals surface area contributed by atoms with Gasteiger partial charge in [0, 0.05) is 25.3 Å². The van der Waals surface area contributed by atoms with Crippen molar-refractivity contribution in [1.82, 2.24) is 5.32 Å². The Bertz CT molecular complexity index is 1280. The van der Waals surface area contributed by atoms with Crippen LogP contribution in [0.3, 0.4) is 0 Å². The second kappa shape index (κ2) is 25.9. The van der Waals surface area contributed by atoms with E-state index in [1.54, 1.807) is 12.2 Å². The molecule has 1 fully saturated rings. The second-order valence-electron chi connectivity index (χ2n) is 12.0. The van der Waals surface area contributed by atoms with Crippen LogP contribution < -0.4 is 5.32 Å². The van der Waals surface area contributed by atoms with Crippen LogP contribution in [0.2, 0.25) is 0 Å². The van der Waals surface area contributed by atoms with Crippen LogP contribution in [0.1, 0.15) is 76.7 Å². The molecule has 1 aliphatic carbocycles. The lowest BCUT2D eigenvalue weighted by molar-refractivity contribution is -0.757. The van der Waals surface area contributed by atoms with Crippen LogP contribution in [0.25, 0.3) is 0 Å². The van der Waals surface area contributed by atoms with E-state index in [2.05, 4.69) is 15.0 Å². The smallest absolute Gasteiger partial charge is 0.434 e. The molecule has 1 aromatic carbocycles. The number of nitrogens with one attached hydrogen (secondary N) is 1. The minimum Gasteiger partial charge on any atom is -0.434 e. The third kappa shape index (κ3) is 19.5. The molecule has 1 saturated carbocycles. The zero-order valence-corrected chi connectivity index (χ0v) is 29.5. The van der Waals surface area contributed by atoms with Crippen molar-refractivity contribution in [3.8, 4) is 0 Å². The number of allylic oxidation sites excluding steroid dienone is 2. The Morgan fingerprint density at radius 3 is 2.19 bits per heavy atom. The maximum absolute atomic E-state index is 12.6. The molecule has 52 heavy (non-hydrogen) atoms. The Kier molecular flexibility index (Phi) is 21.6. The number of hydrogen-bond acceptors (Lipinski definition) is 14. The summed E-state index contributed by atoms with van der Waals surface area (Å²) in [4.78, 5) is 66.1. The highest BCUT2D eigenvalue weighted by atomic mass is 17.0. The van der Waals surface area contributed by atoms with Gasteiger partial charge in [-0.2, -0.15) is 0 Å². The third-order valence-corrected chi connectivity index (χ3v) is 8.13. The monoisotopic (exact) mass is 737 g/mol. The van der Waals surface area contributed by atoms with Gasteiger partial charge in [-0.15, -0.1) is 20.2 Å². The second-order valence-corrected chi connectivity index (χ2v) is 12.0. The maximum Gasteiger partial charge on any atom is 0.508 e. The Labute approximate surface area is 302 Å². The Balaban J connectivity index is 2.12. The first-order chi connectivity index (χ1) is 25.1. The fraction of sp³-hybridized carbons (Fsp3) is 0.629. The summed E-state index contributed by atoms with van der Waals surface area (Å²) in [7, 11) is 0. The first kappa shape index (κ1) is 43.2. The molecule has 1 aliphatic rings. The van der Waals surface area contributed by atoms with Gasteiger partial charge in [0.15, 0.2) is 0 Å². The van der Waals surface area contributed by atoms with E-state index in [1.165, 1.54) is 0 Å². The summed E-state index contributed by atoms with van der Waals surface area (Å²) in [6.45, 7) is 2.11. The van der Waals surface area contributed by atoms with E-state index >= 15 is 0 Å². The molecule has 1 amide bonds. The van der Waals surface area contributed by atoms with E-state index in [0.717, 1.165) is 5.56 Å². The minimum absolute atomic E-state index is 0.0145. The van der Waals surface area contributed by atoms with Gasteiger partial charge in [-0.05, 0) is 82.3 Å². The molecule has 2 rings (SSSR count). The topological polar surface area (TPSA) is 225 Å². The zero-order chi connectivity index (χ0) is 38.0. The van der Waals surface area contributed by atoms with E-state index in [9.17, 15) is 39.7 Å². The van der Waals surface area contributed by atoms with Crippen molar-refractivity contribution in [3.05, 3.63) is 80.4 Å². The van der Waals surface area contributed by atoms with Gasteiger partial charge < -0.3 is 39.0 Å². The molecule has 2 N–H and O–H groups in total. The van der Waals surface area contributed by atoms with Gasteiger partial charge in [0.25, 0.3) is 10.2 Å². The number of aryl methyl sites for hydroxylation is 1. The molecule has 0 bridgehead atoms. The summed E-state index contributed by atoms with van der Waals surface area (Å²) < 4.78 is 21.6. The quantitative estimate of drug-likeness (QED) is 0.0397. The van der Waals surface area contributed by atoms with E-state index in [-0.39, 0.29) is 44.7 Å². The van der Waals surface area contributed by atoms with Crippen molar-refractivity contribution in [2.45, 2.75) is 95.9 Å². The first-order valence-electron chi connectivity index (χ1n) is 17.6. The Hall–Kier alpha value is -4.93. The number of carbonyl (C=O) groups is 3. The van der Waals surface area contributed by atoms with Crippen molar-refractivity contribution in [2.75, 3.05) is 33.0 Å². The molecule has 5 atom stereocenters. The normalized spacial score (nSPS) is 18.8. The molecule has 0 spiro atoms. The predicted octanol–water partition coefficient (Wildman–Crippen LogP) is 5.45. The number of ether oxygens (including phenoxy) is 4. The summed E-state index contributed by atoms with van der Waals surface area (Å²) in [6.07, 6.45) is 7.64. The SMILES string of the molecule is CCNC(=O)CCCC=CC[C@@H]1[C@@H](C=CC(CCc2ccccc2)OC(=O)OCCCCO[N+](=O)[O-])[C@H](OC(=O)OCCCCO[N+](=O)[O-])C[C@@H]1O. The Morgan fingerprint density at radius 1 is 0.923 bits per heavy atom. The van der Waals surface area contributed by atoms with Gasteiger partial charge in [0.1, 0.15) is 12.2 Å². The number of benzene rings is 1. The zero-order valence-electron chi connectivity index (χ0n) is 29.5. The largest absolute Gasteiger partial charge is 0.508 e. The third-order valence-electron chi connectivity index (χ3n) is 8.13. The lowest BCUT2D eigenvalue weighted by atomic mass is 9.89. The van der Waals surface area contributed by atoms with Crippen LogP contribution in [0.5, 0.6) is 0 Å². The number of rotatable bonds is 26. The van der Waals surface area contributed by atoms with Crippen molar-refractivity contribution in [1.29, 1.82) is 0 Å². The number of nitrogens with zero attached hydrogens (tertiary/aromatic N) is 2. The molecular weight excluding hydrogens is 686 g/mol. The van der Waals surface area contributed by atoms with Crippen molar-refractivity contribution < 1.29 is 58.3 Å². The fourth-order valence-electron chi connectivity index (χ4n) is 5.56. The predicted molar refractivity (Wildman–Crippen MR) is 185 cm³/mol. The van der Waals surface area contributed by atoms with Crippen LogP contribution in [0.15, 0.2) is 54.6 Å². The molecule has 0 heterocycles. The average Bonchev–Trinajstić information content (AvgIpc) is 3.39. The molecule has 17 heteroatoms. The van der Waals surface area contributed by atoms with Gasteiger partial charge in [0.2, 0.25) is 5.91 Å². The number of hydrogen-bond donors (Lipinski definition) is 2. The van der Waals surface area contributed by atoms with Crippen LogP contribution >= 0.6 is 0 Å². The molecule has 1 aromatic rings. The van der Waals surface area contributed by atoms with E-state index in [1.807, 2.05) is 49.4 Å². The maximum atomic E-state index is 12.6. The summed E-state index contributed by atoms with van der Waals surface area (Å²) in [5.41, 5.74) is 1.02. The van der Waals surface area contributed by atoms with Crippen molar-refractivity contribution in [2.24, 2.45) is 11.8 Å². The van der Waals surface area contributed by atoms with Gasteiger partial charge in [-0.3, -0.25) is 4.79 Å². The van der Waals surface area contributed by atoms with Gasteiger partial charge in [-0.25, -0.2) is 9.59 Å². The molecule has 1 unspecified atom stereocenters. The number of carbonyl (C=O) groups excluding carboxylic acids is 3. The highest BCUT2D eigenvalue weighted by molar-refractivity contribution is 5.75. The number of aliphatic hydroxyl groups excluding tert-OH is 1. The highest BCUT2D eigenvalue weighted by Crippen LogP contribution is 2.38. The Morgan fingerprint density at radius 2 is 1.56 bits per heavy atom. The van der Waals surface area contributed by atoms with Crippen LogP contribution in [-0.4, -0.2) is 84.8 Å². The lowest BCUT2D eigenvalue weighted by Gasteiger charge is -2.23. The molecule has 290 valence electrons. The summed E-state index contributed by atoms with van der Waals surface area (Å²) in [5, 5.41) is 32.7. The summed E-state index contributed by atoms with van der Waals surface area (Å²) in [6, 6.07) is 9.59. The number of unbranched alkanes of at least 4 members (excludes halogenated alkanes) is 3. The minimum atomic E-state index is -0.948. The average molecular weight is 738 g/mol. The standard InChI is InChI=1S/C35H51N3O14/c1-2-36-33(40)17-9-4-3-8-16-29-30(32(26-31(29)39)52-35(42)48-23-11-13-25-50-38(45)46)21-20-28(19-18-27-14-6-5-7-15-27)51-34(41)47-22-10-12-24-49-37(43)44/h3,5-8,14-15,20-21,28-32,39H,2,4,9-13,16-19,22-26H2,1H3,(H,36,40)/t28?,29-,30-,31+,32-/m1/s1. The van der Waals surface area contributed by atoms with E-state index in [0.29, 0.717) is 70.8 Å².